The fourth-order valence-electron chi connectivity index (χ4n) is 5.22. The van der Waals surface area contributed by atoms with Crippen LogP contribution in [0, 0.1) is 0 Å². The van der Waals surface area contributed by atoms with Crippen molar-refractivity contribution < 1.29 is 19.8 Å². The summed E-state index contributed by atoms with van der Waals surface area (Å²) in [5.41, 5.74) is 3.32. The van der Waals surface area contributed by atoms with E-state index in [1.54, 1.807) is 42.7 Å². The molecule has 0 bridgehead atoms. The van der Waals surface area contributed by atoms with Gasteiger partial charge >= 0.3 is 0 Å². The van der Waals surface area contributed by atoms with Crippen molar-refractivity contribution in [3.8, 4) is 22.3 Å². The maximum Gasteiger partial charge on any atom is 0.178 e. The lowest BCUT2D eigenvalue weighted by atomic mass is 9.86. The minimum absolute atomic E-state index is 0.163. The van der Waals surface area contributed by atoms with Gasteiger partial charge in [-0.1, -0.05) is 90.8 Å². The van der Waals surface area contributed by atoms with Gasteiger partial charge in [0, 0.05) is 16.2 Å². The summed E-state index contributed by atoms with van der Waals surface area (Å²) in [5.74, 6) is 0. The number of furan rings is 2. The van der Waals surface area contributed by atoms with Crippen molar-refractivity contribution in [2.45, 2.75) is 0 Å². The average molecular weight is 469 g/mol. The average Bonchev–Trinajstić information content (AvgIpc) is 3.67. The molecule has 2 heteroatoms. The lowest BCUT2D eigenvalue weighted by Crippen LogP contribution is -1.90. The number of benzene rings is 6. The van der Waals surface area contributed by atoms with Gasteiger partial charge in [0.25, 0.3) is 0 Å². The number of hydrogen-bond donors (Lipinski definition) is 0. The third kappa shape index (κ3) is 2.67. The van der Waals surface area contributed by atoms with Crippen LogP contribution in [0.1, 0.15) is 11.0 Å². The molecule has 0 radical (unpaired) electrons. The molecule has 0 aliphatic carbocycles. The Balaban J connectivity index is 1.63. The predicted octanol–water partition coefficient (Wildman–Crippen LogP) is 9.97. The van der Waals surface area contributed by atoms with Crippen molar-refractivity contribution in [2.75, 3.05) is 0 Å². The fraction of sp³-hybridized carbons (Fsp3) is 0. The van der Waals surface area contributed by atoms with Gasteiger partial charge in [-0.15, -0.1) is 0 Å². The lowest BCUT2D eigenvalue weighted by Gasteiger charge is -2.17. The Kier molecular flexibility index (Phi) is 2.71. The number of hydrogen-bond acceptors (Lipinski definition) is 2. The quantitative estimate of drug-likeness (QED) is 0.236. The first-order valence-corrected chi connectivity index (χ1v) is 11.5. The molecule has 6 aromatic carbocycles. The van der Waals surface area contributed by atoms with E-state index in [2.05, 4.69) is 0 Å². The molecule has 8 rings (SSSR count). The van der Waals surface area contributed by atoms with Gasteiger partial charge in [0.05, 0.1) is 17.2 Å². The van der Waals surface area contributed by atoms with Crippen molar-refractivity contribution in [2.24, 2.45) is 0 Å². The molecule has 8 aromatic rings. The molecule has 0 aliphatic rings. The monoisotopic (exact) mass is 468 g/mol. The predicted molar refractivity (Wildman–Crippen MR) is 149 cm³/mol. The second-order valence-electron chi connectivity index (χ2n) is 8.71. The second-order valence-corrected chi connectivity index (χ2v) is 8.71. The molecule has 0 unspecified atom stereocenters. The minimum Gasteiger partial charge on any atom is -0.460 e. The van der Waals surface area contributed by atoms with Crippen molar-refractivity contribution in [3.63, 3.8) is 0 Å². The molecule has 0 fully saturated rings. The van der Waals surface area contributed by atoms with E-state index in [9.17, 15) is 0 Å². The first kappa shape index (κ1) is 13.3. The Morgan fingerprint density at radius 1 is 0.528 bits per heavy atom. The van der Waals surface area contributed by atoms with Crippen molar-refractivity contribution in [1.82, 2.24) is 0 Å². The summed E-state index contributed by atoms with van der Waals surface area (Å²) in [4.78, 5) is 0. The standard InChI is InChI=1S/C34H20O2/c1-2-8-21(9-3-1)31-25-10-4-6-12-27(25)32(28-13-7-5-11-26(28)31)23-15-16-24-29-17-14-22-18-19-35-33(22)34(29)36-30(24)20-23/h1-20H/i4D,5D,6D,7D,10D,11D,12D,13D. The summed E-state index contributed by atoms with van der Waals surface area (Å²) in [7, 11) is 0. The number of rotatable bonds is 2. The topological polar surface area (TPSA) is 26.3 Å². The van der Waals surface area contributed by atoms with Crippen LogP contribution >= 0.6 is 0 Å². The largest absolute Gasteiger partial charge is 0.460 e. The van der Waals surface area contributed by atoms with E-state index in [1.807, 2.05) is 30.3 Å². The molecular formula is C34H20O2. The van der Waals surface area contributed by atoms with Crippen LogP contribution < -0.4 is 0 Å². The Bertz CT molecular complexity index is 2450. The van der Waals surface area contributed by atoms with E-state index < -0.39 is 24.2 Å². The third-order valence-corrected chi connectivity index (χ3v) is 6.79. The Labute approximate surface area is 218 Å². The van der Waals surface area contributed by atoms with E-state index in [1.165, 1.54) is 0 Å². The van der Waals surface area contributed by atoms with Crippen LogP contribution in [0.25, 0.3) is 76.7 Å². The molecule has 0 aliphatic heterocycles. The number of fused-ring (bicyclic) bond motifs is 7. The SMILES string of the molecule is [2H]c1c([2H])c([2H])c2c(-c3ccc4c(c3)oc3c4ccc4ccoc43)c3c([2H])c([2H])c([2H])c([2H])c3c(-c3ccccc3)c2c1[2H]. The fourth-order valence-corrected chi connectivity index (χ4v) is 5.22. The highest BCUT2D eigenvalue weighted by Crippen LogP contribution is 2.44. The van der Waals surface area contributed by atoms with E-state index in [-0.39, 0.29) is 51.3 Å². The molecule has 36 heavy (non-hydrogen) atoms. The van der Waals surface area contributed by atoms with Gasteiger partial charge in [0.2, 0.25) is 0 Å². The van der Waals surface area contributed by atoms with Gasteiger partial charge in [0.15, 0.2) is 11.2 Å². The molecule has 2 heterocycles. The lowest BCUT2D eigenvalue weighted by molar-refractivity contribution is 0.600. The molecule has 0 saturated heterocycles. The molecule has 0 N–H and O–H groups in total. The van der Waals surface area contributed by atoms with Crippen LogP contribution in [-0.4, -0.2) is 0 Å². The molecule has 2 aromatic heterocycles. The maximum atomic E-state index is 9.08. The Morgan fingerprint density at radius 3 is 1.86 bits per heavy atom. The van der Waals surface area contributed by atoms with Gasteiger partial charge in [-0.3, -0.25) is 0 Å². The summed E-state index contributed by atoms with van der Waals surface area (Å²) in [6.45, 7) is 0. The molecule has 0 saturated carbocycles. The zero-order chi connectivity index (χ0) is 30.6. The normalized spacial score (nSPS) is 15.0. The van der Waals surface area contributed by atoms with Crippen molar-refractivity contribution in [3.05, 3.63) is 121 Å². The molecule has 0 amide bonds. The van der Waals surface area contributed by atoms with Gasteiger partial charge < -0.3 is 8.83 Å². The van der Waals surface area contributed by atoms with E-state index in [0.29, 0.717) is 33.4 Å². The minimum atomic E-state index is -0.437. The molecule has 0 atom stereocenters. The maximum absolute atomic E-state index is 9.08. The highest BCUT2D eigenvalue weighted by atomic mass is 16.4. The first-order chi connectivity index (χ1) is 21.2. The Morgan fingerprint density at radius 2 is 1.17 bits per heavy atom. The van der Waals surface area contributed by atoms with Gasteiger partial charge in [0.1, 0.15) is 5.58 Å². The van der Waals surface area contributed by atoms with Crippen molar-refractivity contribution >= 4 is 54.5 Å². The Hall–Kier alpha value is -4.82. The van der Waals surface area contributed by atoms with Gasteiger partial charge in [-0.05, 0) is 68.1 Å². The summed E-state index contributed by atoms with van der Waals surface area (Å²) in [6, 6.07) is 17.1. The summed E-state index contributed by atoms with van der Waals surface area (Å²) in [5, 5.41) is 3.21. The van der Waals surface area contributed by atoms with Crippen LogP contribution in [0.5, 0.6) is 0 Å². The van der Waals surface area contributed by atoms with E-state index in [4.69, 9.17) is 19.8 Å². The zero-order valence-electron chi connectivity index (χ0n) is 26.7. The first-order valence-electron chi connectivity index (χ1n) is 15.5. The van der Waals surface area contributed by atoms with E-state index in [0.717, 1.165) is 16.2 Å². The van der Waals surface area contributed by atoms with E-state index >= 15 is 0 Å². The third-order valence-electron chi connectivity index (χ3n) is 6.79. The molecule has 168 valence electrons. The summed E-state index contributed by atoms with van der Waals surface area (Å²) in [6.07, 6.45) is 1.59. The highest BCUT2D eigenvalue weighted by molar-refractivity contribution is 6.22. The van der Waals surface area contributed by atoms with Crippen molar-refractivity contribution in [1.29, 1.82) is 0 Å². The molecule has 2 nitrogen and oxygen atoms in total. The van der Waals surface area contributed by atoms with Crippen LogP contribution in [0.2, 0.25) is 0 Å². The summed E-state index contributed by atoms with van der Waals surface area (Å²) >= 11 is 0. The van der Waals surface area contributed by atoms with Crippen LogP contribution in [0.4, 0.5) is 0 Å². The molecular weight excluding hydrogens is 440 g/mol. The van der Waals surface area contributed by atoms with Crippen LogP contribution in [0.3, 0.4) is 0 Å². The van der Waals surface area contributed by atoms with Crippen LogP contribution in [-0.2, 0) is 0 Å². The molecule has 0 spiro atoms. The highest BCUT2D eigenvalue weighted by Gasteiger charge is 2.18. The second kappa shape index (κ2) is 7.34. The van der Waals surface area contributed by atoms with Gasteiger partial charge in [-0.2, -0.15) is 0 Å². The smallest absolute Gasteiger partial charge is 0.178 e. The van der Waals surface area contributed by atoms with Gasteiger partial charge in [-0.25, -0.2) is 0 Å². The van der Waals surface area contributed by atoms with Crippen LogP contribution in [0.15, 0.2) is 130 Å². The zero-order valence-corrected chi connectivity index (χ0v) is 18.7. The summed E-state index contributed by atoms with van der Waals surface area (Å²) < 4.78 is 82.4.